The van der Waals surface area contributed by atoms with E-state index in [-0.39, 0.29) is 6.03 Å². The van der Waals surface area contributed by atoms with Crippen molar-refractivity contribution in [1.29, 1.82) is 0 Å². The zero-order valence-electron chi connectivity index (χ0n) is 10.8. The fraction of sp³-hybridized carbons (Fsp3) is 0.400. The number of nitrogens with one attached hydrogen (secondary N) is 2. The van der Waals surface area contributed by atoms with E-state index < -0.39 is 0 Å². The smallest absolute Gasteiger partial charge is 0.319 e. The third kappa shape index (κ3) is 3.91. The van der Waals surface area contributed by atoms with Crippen molar-refractivity contribution in [3.8, 4) is 0 Å². The molecule has 18 heavy (non-hydrogen) atoms. The van der Waals surface area contributed by atoms with Crippen LogP contribution in [0.1, 0.15) is 31.2 Å². The lowest BCUT2D eigenvalue weighted by Crippen LogP contribution is -2.30. The van der Waals surface area contributed by atoms with Crippen molar-refractivity contribution >= 4 is 11.7 Å². The zero-order valence-corrected chi connectivity index (χ0v) is 10.8. The minimum Gasteiger partial charge on any atom is -0.334 e. The van der Waals surface area contributed by atoms with Crippen molar-refractivity contribution in [2.75, 3.05) is 11.9 Å². The number of benzene rings is 1. The number of urea groups is 1. The average molecular weight is 244 g/mol. The van der Waals surface area contributed by atoms with Crippen LogP contribution in [0, 0.1) is 6.92 Å². The molecular weight excluding hydrogens is 224 g/mol. The zero-order chi connectivity index (χ0) is 12.8. The van der Waals surface area contributed by atoms with E-state index in [0.717, 1.165) is 18.5 Å². The monoisotopic (exact) mass is 244 g/mol. The van der Waals surface area contributed by atoms with E-state index in [1.165, 1.54) is 24.0 Å². The van der Waals surface area contributed by atoms with Gasteiger partial charge in [-0.2, -0.15) is 0 Å². The van der Waals surface area contributed by atoms with Gasteiger partial charge in [0, 0.05) is 12.2 Å². The van der Waals surface area contributed by atoms with Crippen LogP contribution in [0.15, 0.2) is 35.9 Å². The molecule has 2 N–H and O–H groups in total. The van der Waals surface area contributed by atoms with Gasteiger partial charge in [-0.05, 0) is 44.7 Å². The maximum absolute atomic E-state index is 11.7. The summed E-state index contributed by atoms with van der Waals surface area (Å²) in [6, 6.07) is 7.66. The summed E-state index contributed by atoms with van der Waals surface area (Å²) in [6.07, 6.45) is 7.03. The van der Waals surface area contributed by atoms with E-state index in [1.54, 1.807) is 0 Å². The topological polar surface area (TPSA) is 41.1 Å². The van der Waals surface area contributed by atoms with Crippen LogP contribution in [0.4, 0.5) is 10.5 Å². The van der Waals surface area contributed by atoms with Crippen molar-refractivity contribution in [2.45, 2.75) is 32.6 Å². The first kappa shape index (κ1) is 12.7. The van der Waals surface area contributed by atoms with Crippen LogP contribution >= 0.6 is 0 Å². The van der Waals surface area contributed by atoms with Crippen LogP contribution in [-0.2, 0) is 0 Å². The molecule has 0 radical (unpaired) electrons. The fourth-order valence-electron chi connectivity index (χ4n) is 2.07. The summed E-state index contributed by atoms with van der Waals surface area (Å²) in [5.74, 6) is 0. The van der Waals surface area contributed by atoms with Crippen molar-refractivity contribution in [2.24, 2.45) is 0 Å². The van der Waals surface area contributed by atoms with Gasteiger partial charge in [0.25, 0.3) is 0 Å². The number of carbonyl (C=O) groups is 1. The maximum atomic E-state index is 11.7. The predicted molar refractivity (Wildman–Crippen MR) is 74.8 cm³/mol. The summed E-state index contributed by atoms with van der Waals surface area (Å²) in [6.45, 7) is 2.69. The summed E-state index contributed by atoms with van der Waals surface area (Å²) in [5.41, 5.74) is 3.37. The second-order valence-corrected chi connectivity index (χ2v) is 4.78. The average Bonchev–Trinajstić information content (AvgIpc) is 2.40. The third-order valence-corrected chi connectivity index (χ3v) is 3.17. The van der Waals surface area contributed by atoms with Gasteiger partial charge in [0.05, 0.1) is 0 Å². The van der Waals surface area contributed by atoms with E-state index in [2.05, 4.69) is 16.7 Å². The number of rotatable bonds is 3. The SMILES string of the molecule is Cc1ccc(NC(=O)NCC2=CCCCC2)cc1. The molecule has 3 nitrogen and oxygen atoms in total. The van der Waals surface area contributed by atoms with Gasteiger partial charge in [-0.15, -0.1) is 0 Å². The maximum Gasteiger partial charge on any atom is 0.319 e. The van der Waals surface area contributed by atoms with Crippen molar-refractivity contribution < 1.29 is 4.79 Å². The molecule has 0 saturated carbocycles. The Morgan fingerprint density at radius 1 is 1.22 bits per heavy atom. The predicted octanol–water partition coefficient (Wildman–Crippen LogP) is 3.62. The molecule has 1 aliphatic rings. The molecular formula is C15H20N2O. The van der Waals surface area contributed by atoms with Crippen molar-refractivity contribution in [3.63, 3.8) is 0 Å². The Balaban J connectivity index is 1.78. The first-order valence-electron chi connectivity index (χ1n) is 6.53. The van der Waals surface area contributed by atoms with Crippen LogP contribution in [0.2, 0.25) is 0 Å². The first-order valence-corrected chi connectivity index (χ1v) is 6.53. The molecule has 0 aliphatic heterocycles. The second-order valence-electron chi connectivity index (χ2n) is 4.78. The Hall–Kier alpha value is -1.77. The van der Waals surface area contributed by atoms with Gasteiger partial charge in [-0.3, -0.25) is 0 Å². The molecule has 0 heterocycles. The fourth-order valence-corrected chi connectivity index (χ4v) is 2.07. The molecule has 2 amide bonds. The Labute approximate surface area is 108 Å². The summed E-state index contributed by atoms with van der Waals surface area (Å²) in [5, 5.41) is 5.73. The molecule has 0 aromatic heterocycles. The lowest BCUT2D eigenvalue weighted by molar-refractivity contribution is 0.252. The normalized spacial score (nSPS) is 14.8. The van der Waals surface area contributed by atoms with E-state index in [1.807, 2.05) is 31.2 Å². The summed E-state index contributed by atoms with van der Waals surface area (Å²) in [7, 11) is 0. The Morgan fingerprint density at radius 2 is 2.00 bits per heavy atom. The number of amides is 2. The highest BCUT2D eigenvalue weighted by molar-refractivity contribution is 5.89. The largest absolute Gasteiger partial charge is 0.334 e. The minimum absolute atomic E-state index is 0.134. The molecule has 1 aromatic rings. The highest BCUT2D eigenvalue weighted by Gasteiger charge is 2.05. The van der Waals surface area contributed by atoms with Gasteiger partial charge in [0.1, 0.15) is 0 Å². The first-order chi connectivity index (χ1) is 8.74. The molecule has 96 valence electrons. The van der Waals surface area contributed by atoms with Gasteiger partial charge < -0.3 is 10.6 Å². The number of carbonyl (C=O) groups excluding carboxylic acids is 1. The summed E-state index contributed by atoms with van der Waals surface area (Å²) in [4.78, 5) is 11.7. The molecule has 0 spiro atoms. The van der Waals surface area contributed by atoms with E-state index in [9.17, 15) is 4.79 Å². The van der Waals surface area contributed by atoms with Crippen molar-refractivity contribution in [1.82, 2.24) is 5.32 Å². The highest BCUT2D eigenvalue weighted by atomic mass is 16.2. The third-order valence-electron chi connectivity index (χ3n) is 3.17. The lowest BCUT2D eigenvalue weighted by atomic mass is 10.00. The lowest BCUT2D eigenvalue weighted by Gasteiger charge is -2.13. The molecule has 2 rings (SSSR count). The number of aryl methyl sites for hydroxylation is 1. The van der Waals surface area contributed by atoms with Crippen LogP contribution in [-0.4, -0.2) is 12.6 Å². The number of hydrogen-bond donors (Lipinski definition) is 2. The van der Waals surface area contributed by atoms with Gasteiger partial charge >= 0.3 is 6.03 Å². The number of allylic oxidation sites excluding steroid dienone is 1. The van der Waals surface area contributed by atoms with Crippen LogP contribution in [0.25, 0.3) is 0 Å². The van der Waals surface area contributed by atoms with E-state index in [0.29, 0.717) is 6.54 Å². The minimum atomic E-state index is -0.134. The molecule has 0 saturated heterocycles. The van der Waals surface area contributed by atoms with Gasteiger partial charge in [0.2, 0.25) is 0 Å². The summed E-state index contributed by atoms with van der Waals surface area (Å²) < 4.78 is 0. The van der Waals surface area contributed by atoms with E-state index in [4.69, 9.17) is 0 Å². The van der Waals surface area contributed by atoms with Crippen molar-refractivity contribution in [3.05, 3.63) is 41.5 Å². The highest BCUT2D eigenvalue weighted by Crippen LogP contribution is 2.16. The van der Waals surface area contributed by atoms with Gasteiger partial charge in [-0.25, -0.2) is 4.79 Å². The molecule has 3 heteroatoms. The molecule has 0 bridgehead atoms. The van der Waals surface area contributed by atoms with Gasteiger partial charge in [0.15, 0.2) is 0 Å². The summed E-state index contributed by atoms with van der Waals surface area (Å²) >= 11 is 0. The Kier molecular flexibility index (Phi) is 4.40. The quantitative estimate of drug-likeness (QED) is 0.783. The standard InChI is InChI=1S/C15H20N2O/c1-12-7-9-14(10-8-12)17-15(18)16-11-13-5-3-2-4-6-13/h5,7-10H,2-4,6,11H2,1H3,(H2,16,17,18). The molecule has 0 atom stereocenters. The van der Waals surface area contributed by atoms with Crippen LogP contribution in [0.3, 0.4) is 0 Å². The van der Waals surface area contributed by atoms with E-state index >= 15 is 0 Å². The molecule has 0 unspecified atom stereocenters. The molecule has 0 fully saturated rings. The Bertz CT molecular complexity index is 434. The van der Waals surface area contributed by atoms with Gasteiger partial charge in [-0.1, -0.05) is 29.3 Å². The number of anilines is 1. The second kappa shape index (κ2) is 6.24. The van der Waals surface area contributed by atoms with Crippen LogP contribution < -0.4 is 10.6 Å². The Morgan fingerprint density at radius 3 is 2.67 bits per heavy atom. The number of hydrogen-bond acceptors (Lipinski definition) is 1. The molecule has 1 aliphatic carbocycles. The van der Waals surface area contributed by atoms with Crippen LogP contribution in [0.5, 0.6) is 0 Å². The molecule has 1 aromatic carbocycles.